The maximum atomic E-state index is 10.7. The number of pyridine rings is 1. The first-order valence-corrected chi connectivity index (χ1v) is 5.45. The topological polar surface area (TPSA) is 82.0 Å². The zero-order chi connectivity index (χ0) is 12.4. The van der Waals surface area contributed by atoms with Gasteiger partial charge in [-0.25, -0.2) is 4.98 Å². The van der Waals surface area contributed by atoms with Crippen LogP contribution < -0.4 is 5.73 Å². The average Bonchev–Trinajstić information content (AvgIpc) is 2.29. The molecule has 0 saturated heterocycles. The van der Waals surface area contributed by atoms with Crippen LogP contribution in [0.2, 0.25) is 0 Å². The Labute approximate surface area is 98.4 Å². The van der Waals surface area contributed by atoms with Crippen LogP contribution in [-0.4, -0.2) is 9.91 Å². The summed E-state index contributed by atoms with van der Waals surface area (Å²) < 4.78 is 0. The highest BCUT2D eigenvalue weighted by Gasteiger charge is 2.09. The smallest absolute Gasteiger partial charge is 0.270 e. The van der Waals surface area contributed by atoms with Crippen LogP contribution in [0, 0.1) is 10.1 Å². The van der Waals surface area contributed by atoms with E-state index < -0.39 is 4.92 Å². The van der Waals surface area contributed by atoms with Gasteiger partial charge in [-0.2, -0.15) is 0 Å². The van der Waals surface area contributed by atoms with Crippen LogP contribution in [0.1, 0.15) is 18.9 Å². The molecule has 2 aromatic rings. The molecular weight excluding hydrogens is 218 g/mol. The van der Waals surface area contributed by atoms with Gasteiger partial charge in [-0.1, -0.05) is 13.3 Å². The molecule has 0 aliphatic heterocycles. The van der Waals surface area contributed by atoms with E-state index in [0.717, 1.165) is 23.8 Å². The molecule has 1 heterocycles. The minimum atomic E-state index is -0.407. The summed E-state index contributed by atoms with van der Waals surface area (Å²) in [6.07, 6.45) is 1.80. The standard InChI is InChI=1S/C12H13N3O2/c1-2-3-8-6-9-7-10(15(16)17)4-5-11(9)14-12(8)13/h4-7H,2-3H2,1H3,(H2,13,14). The monoisotopic (exact) mass is 231 g/mol. The van der Waals surface area contributed by atoms with Crippen LogP contribution in [0.3, 0.4) is 0 Å². The second kappa shape index (κ2) is 4.37. The number of nitro benzene ring substituents is 1. The maximum Gasteiger partial charge on any atom is 0.270 e. The van der Waals surface area contributed by atoms with Crippen LogP contribution in [0.4, 0.5) is 11.5 Å². The molecule has 0 atom stereocenters. The molecule has 0 aliphatic carbocycles. The number of hydrogen-bond acceptors (Lipinski definition) is 4. The molecule has 0 radical (unpaired) electrons. The Hall–Kier alpha value is -2.17. The Bertz CT molecular complexity index is 581. The largest absolute Gasteiger partial charge is 0.383 e. The molecule has 0 aliphatic rings. The first-order valence-electron chi connectivity index (χ1n) is 5.45. The van der Waals surface area contributed by atoms with Gasteiger partial charge in [-0.15, -0.1) is 0 Å². The van der Waals surface area contributed by atoms with Crippen molar-refractivity contribution in [3.8, 4) is 0 Å². The van der Waals surface area contributed by atoms with Gasteiger partial charge in [0, 0.05) is 17.5 Å². The second-order valence-electron chi connectivity index (χ2n) is 3.92. The van der Waals surface area contributed by atoms with Crippen molar-refractivity contribution in [3.63, 3.8) is 0 Å². The highest BCUT2D eigenvalue weighted by molar-refractivity contribution is 5.83. The number of fused-ring (bicyclic) bond motifs is 1. The van der Waals surface area contributed by atoms with Crippen molar-refractivity contribution in [2.75, 3.05) is 5.73 Å². The molecule has 0 fully saturated rings. The molecule has 0 saturated carbocycles. The molecule has 5 nitrogen and oxygen atoms in total. The van der Waals surface area contributed by atoms with Gasteiger partial charge < -0.3 is 5.73 Å². The molecule has 88 valence electrons. The molecule has 0 spiro atoms. The summed E-state index contributed by atoms with van der Waals surface area (Å²) in [4.78, 5) is 14.5. The molecule has 2 rings (SSSR count). The minimum absolute atomic E-state index is 0.0755. The fourth-order valence-corrected chi connectivity index (χ4v) is 1.81. The van der Waals surface area contributed by atoms with Crippen molar-refractivity contribution in [3.05, 3.63) is 39.9 Å². The van der Waals surface area contributed by atoms with E-state index >= 15 is 0 Å². The number of rotatable bonds is 3. The predicted molar refractivity (Wildman–Crippen MR) is 66.8 cm³/mol. The van der Waals surface area contributed by atoms with Crippen molar-refractivity contribution in [1.82, 2.24) is 4.98 Å². The Morgan fingerprint density at radius 2 is 2.18 bits per heavy atom. The summed E-state index contributed by atoms with van der Waals surface area (Å²) in [6.45, 7) is 2.05. The Balaban J connectivity index is 2.59. The van der Waals surface area contributed by atoms with Gasteiger partial charge in [-0.05, 0) is 24.1 Å². The van der Waals surface area contributed by atoms with E-state index in [-0.39, 0.29) is 5.69 Å². The van der Waals surface area contributed by atoms with Crippen molar-refractivity contribution >= 4 is 22.4 Å². The van der Waals surface area contributed by atoms with E-state index in [2.05, 4.69) is 11.9 Å². The number of aromatic nitrogens is 1. The predicted octanol–water partition coefficient (Wildman–Crippen LogP) is 2.68. The van der Waals surface area contributed by atoms with Crippen molar-refractivity contribution in [1.29, 1.82) is 0 Å². The maximum absolute atomic E-state index is 10.7. The van der Waals surface area contributed by atoms with Crippen LogP contribution in [0.25, 0.3) is 10.9 Å². The lowest BCUT2D eigenvalue weighted by Crippen LogP contribution is -1.98. The number of nitrogens with zero attached hydrogens (tertiary/aromatic N) is 2. The first-order chi connectivity index (χ1) is 8.11. The zero-order valence-electron chi connectivity index (χ0n) is 9.51. The van der Waals surface area contributed by atoms with Gasteiger partial charge in [0.25, 0.3) is 5.69 Å². The summed E-state index contributed by atoms with van der Waals surface area (Å²) in [5.74, 6) is 0.508. The molecule has 1 aromatic heterocycles. The second-order valence-corrected chi connectivity index (χ2v) is 3.92. The molecule has 1 aromatic carbocycles. The quantitative estimate of drug-likeness (QED) is 0.650. The van der Waals surface area contributed by atoms with Crippen molar-refractivity contribution < 1.29 is 4.92 Å². The Kier molecular flexibility index (Phi) is 2.91. The Morgan fingerprint density at radius 1 is 1.41 bits per heavy atom. The van der Waals surface area contributed by atoms with Gasteiger partial charge in [0.05, 0.1) is 10.4 Å². The van der Waals surface area contributed by atoms with E-state index in [0.29, 0.717) is 11.3 Å². The summed E-state index contributed by atoms with van der Waals surface area (Å²) in [5.41, 5.74) is 7.53. The molecule has 0 bridgehead atoms. The van der Waals surface area contributed by atoms with Crippen molar-refractivity contribution in [2.45, 2.75) is 19.8 Å². The van der Waals surface area contributed by atoms with E-state index in [1.807, 2.05) is 6.07 Å². The Morgan fingerprint density at radius 3 is 2.82 bits per heavy atom. The van der Waals surface area contributed by atoms with Crippen LogP contribution in [0.5, 0.6) is 0 Å². The SMILES string of the molecule is CCCc1cc2cc([N+](=O)[O-])ccc2nc1N. The van der Waals surface area contributed by atoms with Gasteiger partial charge in [0.15, 0.2) is 0 Å². The number of hydrogen-bond donors (Lipinski definition) is 1. The number of aryl methyl sites for hydroxylation is 1. The average molecular weight is 231 g/mol. The first kappa shape index (κ1) is 11.3. The summed E-state index contributed by atoms with van der Waals surface area (Å²) in [5, 5.41) is 11.4. The number of anilines is 1. The van der Waals surface area contributed by atoms with Gasteiger partial charge in [0.1, 0.15) is 5.82 Å². The number of nitrogens with two attached hydrogens (primary N) is 1. The number of nitrogen functional groups attached to an aromatic ring is 1. The third kappa shape index (κ3) is 2.18. The lowest BCUT2D eigenvalue weighted by molar-refractivity contribution is -0.384. The van der Waals surface area contributed by atoms with E-state index in [1.54, 1.807) is 6.07 Å². The van der Waals surface area contributed by atoms with Crippen LogP contribution in [0.15, 0.2) is 24.3 Å². The highest BCUT2D eigenvalue weighted by atomic mass is 16.6. The van der Waals surface area contributed by atoms with E-state index in [9.17, 15) is 10.1 Å². The molecular formula is C12H13N3O2. The fraction of sp³-hybridized carbons (Fsp3) is 0.250. The molecule has 2 N–H and O–H groups in total. The normalized spacial score (nSPS) is 10.6. The van der Waals surface area contributed by atoms with Gasteiger partial charge >= 0.3 is 0 Å². The molecule has 17 heavy (non-hydrogen) atoms. The van der Waals surface area contributed by atoms with E-state index in [1.165, 1.54) is 12.1 Å². The third-order valence-electron chi connectivity index (χ3n) is 2.64. The number of benzene rings is 1. The lowest BCUT2D eigenvalue weighted by atomic mass is 10.1. The number of nitro groups is 1. The summed E-state index contributed by atoms with van der Waals surface area (Å²) >= 11 is 0. The van der Waals surface area contributed by atoms with Crippen LogP contribution in [-0.2, 0) is 6.42 Å². The van der Waals surface area contributed by atoms with Crippen LogP contribution >= 0.6 is 0 Å². The third-order valence-corrected chi connectivity index (χ3v) is 2.64. The molecule has 5 heteroatoms. The zero-order valence-corrected chi connectivity index (χ0v) is 9.51. The summed E-state index contributed by atoms with van der Waals surface area (Å²) in [6, 6.07) is 6.48. The van der Waals surface area contributed by atoms with Gasteiger partial charge in [0.2, 0.25) is 0 Å². The van der Waals surface area contributed by atoms with E-state index in [4.69, 9.17) is 5.73 Å². The summed E-state index contributed by atoms with van der Waals surface area (Å²) in [7, 11) is 0. The highest BCUT2D eigenvalue weighted by Crippen LogP contribution is 2.23. The molecule has 0 unspecified atom stereocenters. The molecule has 0 amide bonds. The lowest BCUT2D eigenvalue weighted by Gasteiger charge is -2.05. The fourth-order valence-electron chi connectivity index (χ4n) is 1.81. The van der Waals surface area contributed by atoms with Gasteiger partial charge in [-0.3, -0.25) is 10.1 Å². The minimum Gasteiger partial charge on any atom is -0.383 e. The van der Waals surface area contributed by atoms with Crippen molar-refractivity contribution in [2.24, 2.45) is 0 Å². The number of non-ortho nitro benzene ring substituents is 1.